The highest BCUT2D eigenvalue weighted by molar-refractivity contribution is 5.85. The molecule has 124 valence electrons. The summed E-state index contributed by atoms with van der Waals surface area (Å²) in [4.78, 5) is 18.6. The molecular weight excluding hydrogens is 302 g/mol. The molecule has 0 spiro atoms. The Bertz CT molecular complexity index is 842. The van der Waals surface area contributed by atoms with E-state index in [9.17, 15) is 4.79 Å². The molecule has 0 aliphatic heterocycles. The van der Waals surface area contributed by atoms with Gasteiger partial charge in [0.15, 0.2) is 11.5 Å². The van der Waals surface area contributed by atoms with Gasteiger partial charge in [-0.15, -0.1) is 0 Å². The SMILES string of the molecule is Cc1nc2cc(N[C@@H](C)C(=O)N(C)Cc3ccccc3)ccc2o1. The number of nitrogens with one attached hydrogen (secondary N) is 1. The van der Waals surface area contributed by atoms with Crippen LogP contribution in [0.5, 0.6) is 0 Å². The summed E-state index contributed by atoms with van der Waals surface area (Å²) in [6, 6.07) is 15.3. The van der Waals surface area contributed by atoms with Crippen molar-refractivity contribution in [2.75, 3.05) is 12.4 Å². The second-order valence-electron chi connectivity index (χ2n) is 5.96. The number of oxazole rings is 1. The Morgan fingerprint density at radius 2 is 2.00 bits per heavy atom. The van der Waals surface area contributed by atoms with Gasteiger partial charge in [-0.3, -0.25) is 4.79 Å². The lowest BCUT2D eigenvalue weighted by atomic mass is 10.2. The van der Waals surface area contributed by atoms with E-state index in [4.69, 9.17) is 4.42 Å². The number of anilines is 1. The van der Waals surface area contributed by atoms with E-state index >= 15 is 0 Å². The summed E-state index contributed by atoms with van der Waals surface area (Å²) in [5.41, 5.74) is 3.50. The summed E-state index contributed by atoms with van der Waals surface area (Å²) < 4.78 is 5.47. The largest absolute Gasteiger partial charge is 0.441 e. The van der Waals surface area contributed by atoms with Crippen LogP contribution in [0.25, 0.3) is 11.1 Å². The van der Waals surface area contributed by atoms with Crippen molar-refractivity contribution in [3.8, 4) is 0 Å². The minimum absolute atomic E-state index is 0.0373. The van der Waals surface area contributed by atoms with E-state index in [0.29, 0.717) is 12.4 Å². The standard InChI is InChI=1S/C19H21N3O2/c1-13(19(23)22(3)12-15-7-5-4-6-8-15)20-16-9-10-18-17(11-16)21-14(2)24-18/h4-11,13,20H,12H2,1-3H3/t13-/m0/s1. The quantitative estimate of drug-likeness (QED) is 0.779. The molecule has 0 fully saturated rings. The molecule has 0 bridgehead atoms. The number of aromatic nitrogens is 1. The van der Waals surface area contributed by atoms with Crippen molar-refractivity contribution in [3.63, 3.8) is 0 Å². The monoisotopic (exact) mass is 323 g/mol. The van der Waals surface area contributed by atoms with Crippen molar-refractivity contribution < 1.29 is 9.21 Å². The maximum atomic E-state index is 12.5. The molecular formula is C19H21N3O2. The van der Waals surface area contributed by atoms with Crippen LogP contribution in [-0.4, -0.2) is 28.9 Å². The van der Waals surface area contributed by atoms with Gasteiger partial charge < -0.3 is 14.6 Å². The Labute approximate surface area is 141 Å². The van der Waals surface area contributed by atoms with E-state index in [-0.39, 0.29) is 11.9 Å². The van der Waals surface area contributed by atoms with Crippen molar-refractivity contribution in [2.45, 2.75) is 26.4 Å². The number of hydrogen-bond acceptors (Lipinski definition) is 4. The van der Waals surface area contributed by atoms with Crippen molar-refractivity contribution in [2.24, 2.45) is 0 Å². The first-order valence-corrected chi connectivity index (χ1v) is 7.95. The lowest BCUT2D eigenvalue weighted by Crippen LogP contribution is -2.38. The van der Waals surface area contributed by atoms with Crippen LogP contribution in [0.3, 0.4) is 0 Å². The lowest BCUT2D eigenvalue weighted by molar-refractivity contribution is -0.130. The van der Waals surface area contributed by atoms with Crippen molar-refractivity contribution in [1.29, 1.82) is 0 Å². The molecule has 1 atom stereocenters. The number of benzene rings is 2. The first-order chi connectivity index (χ1) is 11.5. The molecule has 0 unspecified atom stereocenters. The molecule has 1 heterocycles. The van der Waals surface area contributed by atoms with Gasteiger partial charge in [0.05, 0.1) is 0 Å². The lowest BCUT2D eigenvalue weighted by Gasteiger charge is -2.23. The van der Waals surface area contributed by atoms with Gasteiger partial charge in [0, 0.05) is 26.2 Å². The van der Waals surface area contributed by atoms with Crippen LogP contribution in [0.4, 0.5) is 5.69 Å². The molecule has 1 N–H and O–H groups in total. The van der Waals surface area contributed by atoms with E-state index in [1.54, 1.807) is 4.90 Å². The topological polar surface area (TPSA) is 58.4 Å². The van der Waals surface area contributed by atoms with E-state index in [1.807, 2.05) is 69.4 Å². The molecule has 0 radical (unpaired) electrons. The van der Waals surface area contributed by atoms with E-state index in [0.717, 1.165) is 22.4 Å². The fourth-order valence-electron chi connectivity index (χ4n) is 2.71. The molecule has 1 amide bonds. The van der Waals surface area contributed by atoms with Crippen molar-refractivity contribution >= 4 is 22.7 Å². The second-order valence-corrected chi connectivity index (χ2v) is 5.96. The molecule has 3 aromatic rings. The average molecular weight is 323 g/mol. The van der Waals surface area contributed by atoms with E-state index in [1.165, 1.54) is 0 Å². The molecule has 24 heavy (non-hydrogen) atoms. The maximum absolute atomic E-state index is 12.5. The van der Waals surface area contributed by atoms with Gasteiger partial charge in [-0.05, 0) is 30.7 Å². The van der Waals surface area contributed by atoms with Crippen LogP contribution < -0.4 is 5.32 Å². The van der Waals surface area contributed by atoms with Gasteiger partial charge in [0.2, 0.25) is 5.91 Å². The van der Waals surface area contributed by atoms with Gasteiger partial charge in [-0.1, -0.05) is 30.3 Å². The third-order valence-electron chi connectivity index (χ3n) is 3.89. The number of carbonyl (C=O) groups excluding carboxylic acids is 1. The minimum Gasteiger partial charge on any atom is -0.441 e. The first kappa shape index (κ1) is 16.1. The summed E-state index contributed by atoms with van der Waals surface area (Å²) in [6.45, 7) is 4.27. The fraction of sp³-hybridized carbons (Fsp3) is 0.263. The second kappa shape index (κ2) is 6.74. The van der Waals surface area contributed by atoms with Crippen LogP contribution in [0, 0.1) is 6.92 Å². The number of amides is 1. The van der Waals surface area contributed by atoms with Gasteiger partial charge in [-0.2, -0.15) is 0 Å². The van der Waals surface area contributed by atoms with Crippen molar-refractivity contribution in [1.82, 2.24) is 9.88 Å². The summed E-state index contributed by atoms with van der Waals surface area (Å²) >= 11 is 0. The first-order valence-electron chi connectivity index (χ1n) is 7.95. The van der Waals surface area contributed by atoms with Crippen LogP contribution in [0.1, 0.15) is 18.4 Å². The predicted octanol–water partition coefficient (Wildman–Crippen LogP) is 3.60. The van der Waals surface area contributed by atoms with Gasteiger partial charge in [-0.25, -0.2) is 4.98 Å². The molecule has 1 aromatic heterocycles. The molecule has 5 heteroatoms. The summed E-state index contributed by atoms with van der Waals surface area (Å²) in [5.74, 6) is 0.671. The molecule has 0 aliphatic carbocycles. The minimum atomic E-state index is -0.329. The van der Waals surface area contributed by atoms with Crippen LogP contribution >= 0.6 is 0 Å². The number of nitrogens with zero attached hydrogens (tertiary/aromatic N) is 2. The Hall–Kier alpha value is -2.82. The maximum Gasteiger partial charge on any atom is 0.244 e. The van der Waals surface area contributed by atoms with E-state index in [2.05, 4.69) is 10.3 Å². The number of aryl methyl sites for hydroxylation is 1. The Morgan fingerprint density at radius 1 is 1.25 bits per heavy atom. The zero-order valence-corrected chi connectivity index (χ0v) is 14.1. The number of carbonyl (C=O) groups is 1. The zero-order valence-electron chi connectivity index (χ0n) is 14.1. The normalized spacial score (nSPS) is 12.1. The number of likely N-dealkylation sites (N-methyl/N-ethyl adjacent to an activating group) is 1. The number of hydrogen-bond donors (Lipinski definition) is 1. The number of fused-ring (bicyclic) bond motifs is 1. The highest BCUT2D eigenvalue weighted by atomic mass is 16.3. The number of rotatable bonds is 5. The molecule has 0 saturated carbocycles. The molecule has 2 aromatic carbocycles. The molecule has 3 rings (SSSR count). The summed E-state index contributed by atoms with van der Waals surface area (Å²) in [5, 5.41) is 3.24. The van der Waals surface area contributed by atoms with E-state index < -0.39 is 0 Å². The summed E-state index contributed by atoms with van der Waals surface area (Å²) in [7, 11) is 1.82. The van der Waals surface area contributed by atoms with Crippen LogP contribution in [-0.2, 0) is 11.3 Å². The van der Waals surface area contributed by atoms with Gasteiger partial charge >= 0.3 is 0 Å². The predicted molar refractivity (Wildman–Crippen MR) is 94.7 cm³/mol. The van der Waals surface area contributed by atoms with Gasteiger partial charge in [0.1, 0.15) is 11.6 Å². The Kier molecular flexibility index (Phi) is 4.51. The third-order valence-corrected chi connectivity index (χ3v) is 3.89. The van der Waals surface area contributed by atoms with Crippen LogP contribution in [0.15, 0.2) is 52.9 Å². The smallest absolute Gasteiger partial charge is 0.244 e. The van der Waals surface area contributed by atoms with Gasteiger partial charge in [0.25, 0.3) is 0 Å². The Balaban J connectivity index is 1.66. The highest BCUT2D eigenvalue weighted by Gasteiger charge is 2.18. The Morgan fingerprint density at radius 3 is 2.75 bits per heavy atom. The summed E-state index contributed by atoms with van der Waals surface area (Å²) in [6.07, 6.45) is 0. The van der Waals surface area contributed by atoms with Crippen molar-refractivity contribution in [3.05, 3.63) is 60.0 Å². The molecule has 5 nitrogen and oxygen atoms in total. The third kappa shape index (κ3) is 3.56. The zero-order chi connectivity index (χ0) is 17.1. The average Bonchev–Trinajstić information content (AvgIpc) is 2.94. The highest BCUT2D eigenvalue weighted by Crippen LogP contribution is 2.20. The fourth-order valence-corrected chi connectivity index (χ4v) is 2.71. The van der Waals surface area contributed by atoms with Crippen LogP contribution in [0.2, 0.25) is 0 Å². The molecule has 0 aliphatic rings. The molecule has 0 saturated heterocycles.